The van der Waals surface area contributed by atoms with Crippen molar-refractivity contribution in [2.75, 3.05) is 5.32 Å². The summed E-state index contributed by atoms with van der Waals surface area (Å²) in [6.07, 6.45) is 5.51. The van der Waals surface area contributed by atoms with Crippen molar-refractivity contribution >= 4 is 25.5 Å². The summed E-state index contributed by atoms with van der Waals surface area (Å²) < 4.78 is 3.82. The maximum absolute atomic E-state index is 4.63. The van der Waals surface area contributed by atoms with Crippen LogP contribution in [0.3, 0.4) is 0 Å². The number of pyridine rings is 1. The molecule has 4 aromatic rings. The lowest BCUT2D eigenvalue weighted by molar-refractivity contribution is 0.775. The first kappa shape index (κ1) is 18.3. The van der Waals surface area contributed by atoms with Crippen molar-refractivity contribution in [3.05, 3.63) is 48.7 Å². The second-order valence-electron chi connectivity index (χ2n) is 7.68. The van der Waals surface area contributed by atoms with E-state index in [4.69, 9.17) is 0 Å². The van der Waals surface area contributed by atoms with Gasteiger partial charge in [-0.2, -0.15) is 5.10 Å². The van der Waals surface area contributed by atoms with Gasteiger partial charge < -0.3 is 5.32 Å². The predicted molar refractivity (Wildman–Crippen MR) is 112 cm³/mol. The van der Waals surface area contributed by atoms with Crippen LogP contribution in [0.1, 0.15) is 12.7 Å². The van der Waals surface area contributed by atoms with Crippen LogP contribution in [0.5, 0.6) is 0 Å². The molecule has 0 saturated heterocycles. The normalized spacial score (nSPS) is 11.9. The third-order valence-electron chi connectivity index (χ3n) is 5.09. The van der Waals surface area contributed by atoms with Gasteiger partial charge in [-0.05, 0) is 18.2 Å². The van der Waals surface area contributed by atoms with Crippen LogP contribution in [0.25, 0.3) is 16.9 Å². The molecule has 4 rings (SSSR count). The molecular weight excluding hydrogens is 368 g/mol. The van der Waals surface area contributed by atoms with Crippen LogP contribution in [-0.2, 0) is 13.1 Å². The summed E-state index contributed by atoms with van der Waals surface area (Å²) in [5.41, 5.74) is 2.65. The van der Waals surface area contributed by atoms with E-state index in [9.17, 15) is 0 Å². The van der Waals surface area contributed by atoms with E-state index in [-0.39, 0.29) is 0 Å². The molecule has 0 atom stereocenters. The van der Waals surface area contributed by atoms with Crippen LogP contribution in [-0.4, -0.2) is 42.4 Å². The zero-order valence-electron chi connectivity index (χ0n) is 16.6. The van der Waals surface area contributed by atoms with Crippen LogP contribution in [0.15, 0.2) is 42.9 Å². The zero-order valence-corrected chi connectivity index (χ0v) is 17.6. The summed E-state index contributed by atoms with van der Waals surface area (Å²) in [5, 5.41) is 16.1. The van der Waals surface area contributed by atoms with Crippen molar-refractivity contribution in [3.63, 3.8) is 0 Å². The van der Waals surface area contributed by atoms with Crippen LogP contribution < -0.4 is 5.32 Å². The van der Waals surface area contributed by atoms with Gasteiger partial charge in [0.25, 0.3) is 0 Å². The number of aryl methyl sites for hydroxylation is 1. The quantitative estimate of drug-likeness (QED) is 0.506. The molecule has 0 aliphatic rings. The minimum Gasteiger partial charge on any atom is -0.309 e. The molecule has 1 N–H and O–H groups in total. The first-order valence-electron chi connectivity index (χ1n) is 9.37. The van der Waals surface area contributed by atoms with Crippen LogP contribution in [0.2, 0.25) is 19.1 Å². The standard InChI is InChI=1S/C19H24N8Si/c1-5-28(3,4)13-18-25-24-17-12-14(8-11-27(17)18)15-6-9-20-19(22-15)23-16-7-10-21-26(16)2/h6-12H,5,13H2,1-4H3,(H,20,22,23). The molecule has 4 heterocycles. The van der Waals surface area contributed by atoms with Crippen molar-refractivity contribution in [1.82, 2.24) is 34.3 Å². The Bertz CT molecular complexity index is 1110. The van der Waals surface area contributed by atoms with Crippen molar-refractivity contribution in [2.45, 2.75) is 32.1 Å². The zero-order chi connectivity index (χ0) is 19.7. The number of rotatable bonds is 6. The summed E-state index contributed by atoms with van der Waals surface area (Å²) in [7, 11) is 0.587. The van der Waals surface area contributed by atoms with E-state index < -0.39 is 8.07 Å². The van der Waals surface area contributed by atoms with E-state index in [0.717, 1.165) is 34.6 Å². The molecule has 9 heteroatoms. The molecule has 0 spiro atoms. The van der Waals surface area contributed by atoms with E-state index in [2.05, 4.69) is 61.1 Å². The third-order valence-corrected chi connectivity index (χ3v) is 8.27. The molecule has 4 aromatic heterocycles. The largest absolute Gasteiger partial charge is 0.309 e. The van der Waals surface area contributed by atoms with Gasteiger partial charge >= 0.3 is 0 Å². The topological polar surface area (TPSA) is 85.8 Å². The average molecular weight is 393 g/mol. The molecule has 0 fully saturated rings. The maximum atomic E-state index is 4.63. The SMILES string of the molecule is CC[Si](C)(C)Cc1nnc2cc(-c3ccnc(Nc4ccnn4C)n3)ccn12. The van der Waals surface area contributed by atoms with Crippen molar-refractivity contribution < 1.29 is 0 Å². The Balaban J connectivity index is 1.63. The molecule has 0 aliphatic carbocycles. The van der Waals surface area contributed by atoms with Crippen molar-refractivity contribution in [2.24, 2.45) is 7.05 Å². The average Bonchev–Trinajstić information content (AvgIpc) is 3.28. The van der Waals surface area contributed by atoms with Gasteiger partial charge in [0.1, 0.15) is 11.6 Å². The van der Waals surface area contributed by atoms with Gasteiger partial charge in [0.05, 0.1) is 20.0 Å². The van der Waals surface area contributed by atoms with Crippen molar-refractivity contribution in [3.8, 4) is 11.3 Å². The van der Waals surface area contributed by atoms with Gasteiger partial charge in [-0.15, -0.1) is 10.2 Å². The van der Waals surface area contributed by atoms with E-state index in [1.165, 1.54) is 6.04 Å². The van der Waals surface area contributed by atoms with Gasteiger partial charge in [0, 0.05) is 37.1 Å². The van der Waals surface area contributed by atoms with E-state index >= 15 is 0 Å². The predicted octanol–water partition coefficient (Wildman–Crippen LogP) is 3.47. The van der Waals surface area contributed by atoms with Crippen LogP contribution in [0, 0.1) is 0 Å². The van der Waals surface area contributed by atoms with E-state index in [1.807, 2.05) is 31.4 Å². The maximum Gasteiger partial charge on any atom is 0.228 e. The Morgan fingerprint density at radius 2 is 1.96 bits per heavy atom. The highest BCUT2D eigenvalue weighted by Crippen LogP contribution is 2.22. The summed E-state index contributed by atoms with van der Waals surface area (Å²) in [4.78, 5) is 8.94. The third kappa shape index (κ3) is 3.65. The first-order chi connectivity index (χ1) is 13.4. The lowest BCUT2D eigenvalue weighted by Gasteiger charge is -2.18. The molecule has 0 amide bonds. The number of fused-ring (bicyclic) bond motifs is 1. The highest BCUT2D eigenvalue weighted by atomic mass is 28.3. The molecule has 0 saturated carbocycles. The summed E-state index contributed by atoms with van der Waals surface area (Å²) in [6, 6.07) is 10.1. The number of anilines is 2. The Morgan fingerprint density at radius 1 is 1.11 bits per heavy atom. The highest BCUT2D eigenvalue weighted by Gasteiger charge is 2.21. The Morgan fingerprint density at radius 3 is 2.71 bits per heavy atom. The molecular formula is C19H24N8Si. The Hall–Kier alpha value is -3.07. The summed E-state index contributed by atoms with van der Waals surface area (Å²) in [5.74, 6) is 2.40. The number of nitrogens with one attached hydrogen (secondary N) is 1. The van der Waals surface area contributed by atoms with Gasteiger partial charge in [0.15, 0.2) is 5.65 Å². The number of aromatic nitrogens is 7. The Labute approximate surface area is 164 Å². The van der Waals surface area contributed by atoms with Gasteiger partial charge in [-0.25, -0.2) is 9.97 Å². The molecule has 0 unspecified atom stereocenters. The molecule has 0 aliphatic heterocycles. The summed E-state index contributed by atoms with van der Waals surface area (Å²) in [6.45, 7) is 7.04. The van der Waals surface area contributed by atoms with Crippen molar-refractivity contribution in [1.29, 1.82) is 0 Å². The monoisotopic (exact) mass is 392 g/mol. The van der Waals surface area contributed by atoms with Crippen LogP contribution >= 0.6 is 0 Å². The fourth-order valence-corrected chi connectivity index (χ4v) is 4.31. The highest BCUT2D eigenvalue weighted by molar-refractivity contribution is 6.76. The smallest absolute Gasteiger partial charge is 0.228 e. The Kier molecular flexibility index (Phi) is 4.68. The molecule has 28 heavy (non-hydrogen) atoms. The number of hydrogen-bond acceptors (Lipinski definition) is 6. The van der Waals surface area contributed by atoms with Gasteiger partial charge in [0.2, 0.25) is 5.95 Å². The lowest BCUT2D eigenvalue weighted by atomic mass is 10.2. The number of hydrogen-bond donors (Lipinski definition) is 1. The second-order valence-corrected chi connectivity index (χ2v) is 13.1. The molecule has 8 nitrogen and oxygen atoms in total. The minimum absolute atomic E-state index is 0.527. The summed E-state index contributed by atoms with van der Waals surface area (Å²) >= 11 is 0. The molecule has 144 valence electrons. The van der Waals surface area contributed by atoms with Crippen LogP contribution in [0.4, 0.5) is 11.8 Å². The molecule has 0 aromatic carbocycles. The molecule has 0 radical (unpaired) electrons. The fourth-order valence-electron chi connectivity index (χ4n) is 2.96. The van der Waals surface area contributed by atoms with E-state index in [0.29, 0.717) is 5.95 Å². The number of nitrogens with zero attached hydrogens (tertiary/aromatic N) is 7. The fraction of sp³-hybridized carbons (Fsp3) is 0.316. The first-order valence-corrected chi connectivity index (χ1v) is 12.8. The van der Waals surface area contributed by atoms with E-state index in [1.54, 1.807) is 17.1 Å². The second kappa shape index (κ2) is 7.15. The lowest BCUT2D eigenvalue weighted by Crippen LogP contribution is -2.28. The minimum atomic E-state index is -1.28. The van der Waals surface area contributed by atoms with Gasteiger partial charge in [-0.1, -0.05) is 26.1 Å². The van der Waals surface area contributed by atoms with Gasteiger partial charge in [-0.3, -0.25) is 9.08 Å². The molecule has 0 bridgehead atoms.